The number of imide groups is 1. The molecular weight excluding hydrogens is 286 g/mol. The van der Waals surface area contributed by atoms with Crippen LogP contribution in [0.2, 0.25) is 0 Å². The Bertz CT molecular complexity index is 721. The number of hydrogen-bond donors (Lipinski definition) is 1. The van der Waals surface area contributed by atoms with Gasteiger partial charge in [0.05, 0.1) is 12.2 Å². The van der Waals surface area contributed by atoms with Crippen molar-refractivity contribution in [2.24, 2.45) is 0 Å². The minimum absolute atomic E-state index is 0.0124. The maximum absolute atomic E-state index is 11.9. The van der Waals surface area contributed by atoms with Crippen LogP contribution in [0.25, 0.3) is 5.65 Å². The molecule has 0 radical (unpaired) electrons. The van der Waals surface area contributed by atoms with E-state index in [9.17, 15) is 14.4 Å². The van der Waals surface area contributed by atoms with E-state index in [1.165, 1.54) is 11.9 Å². The van der Waals surface area contributed by atoms with Crippen LogP contribution >= 0.6 is 0 Å². The summed E-state index contributed by atoms with van der Waals surface area (Å²) < 4.78 is 1.85. The Labute approximate surface area is 126 Å². The third-order valence-corrected chi connectivity index (χ3v) is 3.41. The Balaban J connectivity index is 1.58. The van der Waals surface area contributed by atoms with Crippen molar-refractivity contribution in [3.05, 3.63) is 36.3 Å². The summed E-state index contributed by atoms with van der Waals surface area (Å²) in [7, 11) is 1.52. The summed E-state index contributed by atoms with van der Waals surface area (Å²) in [6, 6.07) is 5.18. The third kappa shape index (κ3) is 2.62. The highest BCUT2D eigenvalue weighted by molar-refractivity contribution is 6.04. The van der Waals surface area contributed by atoms with Gasteiger partial charge in [0.2, 0.25) is 5.91 Å². The number of nitrogens with one attached hydrogen (secondary N) is 1. The lowest BCUT2D eigenvalue weighted by atomic mass is 10.4. The van der Waals surface area contributed by atoms with Gasteiger partial charge in [0.15, 0.2) is 0 Å². The fourth-order valence-electron chi connectivity index (χ4n) is 2.29. The van der Waals surface area contributed by atoms with E-state index in [0.717, 1.165) is 10.5 Å². The topological polar surface area (TPSA) is 87.0 Å². The van der Waals surface area contributed by atoms with E-state index in [4.69, 9.17) is 0 Å². The van der Waals surface area contributed by atoms with Crippen LogP contribution in [0.3, 0.4) is 0 Å². The maximum Gasteiger partial charge on any atom is 0.327 e. The van der Waals surface area contributed by atoms with E-state index >= 15 is 0 Å². The zero-order valence-corrected chi connectivity index (χ0v) is 12.0. The Morgan fingerprint density at radius 1 is 1.36 bits per heavy atom. The molecule has 0 spiro atoms. The standard InChI is InChI=1S/C14H15N5O3/c1-17-9-13(21)19(14(17)22)8-12(20)15-6-10-7-18-5-3-2-4-11(18)16-10/h2-5,7H,6,8-9H2,1H3,(H,15,20). The molecule has 22 heavy (non-hydrogen) atoms. The van der Waals surface area contributed by atoms with Gasteiger partial charge < -0.3 is 14.6 Å². The molecule has 114 valence electrons. The lowest BCUT2D eigenvalue weighted by molar-refractivity contribution is -0.130. The van der Waals surface area contributed by atoms with E-state index in [2.05, 4.69) is 10.3 Å². The minimum atomic E-state index is -0.451. The first-order valence-electron chi connectivity index (χ1n) is 6.79. The zero-order chi connectivity index (χ0) is 15.7. The first-order chi connectivity index (χ1) is 10.5. The number of amides is 4. The SMILES string of the molecule is CN1CC(=O)N(CC(=O)NCc2cn3ccccc3n2)C1=O. The normalized spacial score (nSPS) is 15.0. The second-order valence-corrected chi connectivity index (χ2v) is 5.09. The summed E-state index contributed by atoms with van der Waals surface area (Å²) in [5, 5.41) is 2.66. The molecule has 0 atom stereocenters. The third-order valence-electron chi connectivity index (χ3n) is 3.41. The monoisotopic (exact) mass is 301 g/mol. The van der Waals surface area contributed by atoms with Crippen LogP contribution in [-0.4, -0.2) is 57.2 Å². The van der Waals surface area contributed by atoms with Crippen LogP contribution in [0.1, 0.15) is 5.69 Å². The van der Waals surface area contributed by atoms with Crippen LogP contribution in [0.15, 0.2) is 30.6 Å². The molecule has 8 heteroatoms. The second kappa shape index (κ2) is 5.47. The number of rotatable bonds is 4. The van der Waals surface area contributed by atoms with Crippen molar-refractivity contribution in [1.82, 2.24) is 24.5 Å². The molecule has 0 bridgehead atoms. The predicted molar refractivity (Wildman–Crippen MR) is 76.8 cm³/mol. The quantitative estimate of drug-likeness (QED) is 0.795. The summed E-state index contributed by atoms with van der Waals surface area (Å²) in [4.78, 5) is 41.7. The Hall–Kier alpha value is -2.90. The number of carbonyl (C=O) groups is 3. The number of hydrogen-bond acceptors (Lipinski definition) is 4. The highest BCUT2D eigenvalue weighted by Crippen LogP contribution is 2.07. The van der Waals surface area contributed by atoms with Gasteiger partial charge in [-0.25, -0.2) is 9.78 Å². The van der Waals surface area contributed by atoms with E-state index < -0.39 is 11.9 Å². The molecule has 2 aromatic rings. The smallest absolute Gasteiger partial charge is 0.327 e. The van der Waals surface area contributed by atoms with Gasteiger partial charge in [0.25, 0.3) is 5.91 Å². The van der Waals surface area contributed by atoms with Crippen molar-refractivity contribution in [3.63, 3.8) is 0 Å². The van der Waals surface area contributed by atoms with Gasteiger partial charge in [-0.15, -0.1) is 0 Å². The van der Waals surface area contributed by atoms with Crippen molar-refractivity contribution >= 4 is 23.5 Å². The van der Waals surface area contributed by atoms with Gasteiger partial charge in [-0.1, -0.05) is 6.07 Å². The molecular formula is C14H15N5O3. The average molecular weight is 301 g/mol. The van der Waals surface area contributed by atoms with Gasteiger partial charge in [0.1, 0.15) is 18.7 Å². The van der Waals surface area contributed by atoms with Crippen LogP contribution in [0.5, 0.6) is 0 Å². The number of imidazole rings is 1. The number of aromatic nitrogens is 2. The average Bonchev–Trinajstić information content (AvgIpc) is 3.01. The molecule has 1 aliphatic heterocycles. The molecule has 0 aromatic carbocycles. The van der Waals surface area contributed by atoms with Gasteiger partial charge >= 0.3 is 6.03 Å². The molecule has 0 saturated carbocycles. The van der Waals surface area contributed by atoms with Gasteiger partial charge in [-0.3, -0.25) is 14.5 Å². The number of fused-ring (bicyclic) bond motifs is 1. The highest BCUT2D eigenvalue weighted by Gasteiger charge is 2.34. The maximum atomic E-state index is 11.9. The molecule has 1 fully saturated rings. The van der Waals surface area contributed by atoms with Crippen molar-refractivity contribution < 1.29 is 14.4 Å². The molecule has 0 unspecified atom stereocenters. The van der Waals surface area contributed by atoms with E-state index in [0.29, 0.717) is 5.69 Å². The molecule has 3 heterocycles. The number of urea groups is 1. The van der Waals surface area contributed by atoms with E-state index in [1.807, 2.05) is 35.0 Å². The number of pyridine rings is 1. The molecule has 3 rings (SSSR count). The lowest BCUT2D eigenvalue weighted by Gasteiger charge is -2.13. The number of likely N-dealkylation sites (N-methyl/N-ethyl adjacent to an activating group) is 1. The molecule has 0 aliphatic carbocycles. The summed E-state index contributed by atoms with van der Waals surface area (Å²) >= 11 is 0. The van der Waals surface area contributed by atoms with Gasteiger partial charge in [-0.05, 0) is 12.1 Å². The fraction of sp³-hybridized carbons (Fsp3) is 0.286. The van der Waals surface area contributed by atoms with E-state index in [-0.39, 0.29) is 25.5 Å². The molecule has 1 N–H and O–H groups in total. The van der Waals surface area contributed by atoms with Crippen LogP contribution < -0.4 is 5.32 Å². The molecule has 8 nitrogen and oxygen atoms in total. The lowest BCUT2D eigenvalue weighted by Crippen LogP contribution is -2.40. The van der Waals surface area contributed by atoms with Crippen LogP contribution in [0, 0.1) is 0 Å². The first kappa shape index (κ1) is 14.1. The second-order valence-electron chi connectivity index (χ2n) is 5.09. The fourth-order valence-corrected chi connectivity index (χ4v) is 2.29. The van der Waals surface area contributed by atoms with Crippen molar-refractivity contribution in [2.45, 2.75) is 6.54 Å². The van der Waals surface area contributed by atoms with Crippen LogP contribution in [-0.2, 0) is 16.1 Å². The highest BCUT2D eigenvalue weighted by atomic mass is 16.2. The first-order valence-corrected chi connectivity index (χ1v) is 6.79. The minimum Gasteiger partial charge on any atom is -0.349 e. The van der Waals surface area contributed by atoms with Crippen molar-refractivity contribution in [3.8, 4) is 0 Å². The number of nitrogens with zero attached hydrogens (tertiary/aromatic N) is 4. The van der Waals surface area contributed by atoms with Gasteiger partial charge in [0, 0.05) is 19.4 Å². The summed E-state index contributed by atoms with van der Waals surface area (Å²) in [5.74, 6) is -0.760. The van der Waals surface area contributed by atoms with Crippen LogP contribution in [0.4, 0.5) is 4.79 Å². The molecule has 4 amide bonds. The zero-order valence-electron chi connectivity index (χ0n) is 12.0. The van der Waals surface area contributed by atoms with E-state index in [1.54, 1.807) is 0 Å². The predicted octanol–water partition coefficient (Wildman–Crippen LogP) is -0.155. The number of carbonyl (C=O) groups excluding carboxylic acids is 3. The Morgan fingerprint density at radius 2 is 2.18 bits per heavy atom. The van der Waals surface area contributed by atoms with Gasteiger partial charge in [-0.2, -0.15) is 0 Å². The largest absolute Gasteiger partial charge is 0.349 e. The summed E-state index contributed by atoms with van der Waals surface area (Å²) in [6.07, 6.45) is 3.68. The summed E-state index contributed by atoms with van der Waals surface area (Å²) in [6.45, 7) is -0.0134. The Kier molecular flexibility index (Phi) is 3.50. The Morgan fingerprint density at radius 3 is 2.86 bits per heavy atom. The molecule has 2 aromatic heterocycles. The molecule has 1 aliphatic rings. The van der Waals surface area contributed by atoms with Crippen molar-refractivity contribution in [1.29, 1.82) is 0 Å². The summed E-state index contributed by atoms with van der Waals surface area (Å²) in [5.41, 5.74) is 1.49. The molecule has 1 saturated heterocycles. The van der Waals surface area contributed by atoms with Crippen molar-refractivity contribution in [2.75, 3.05) is 20.1 Å².